The van der Waals surface area contributed by atoms with E-state index in [1.165, 1.54) is 11.1 Å². The van der Waals surface area contributed by atoms with Crippen LogP contribution in [-0.4, -0.2) is 9.55 Å². The van der Waals surface area contributed by atoms with Crippen LogP contribution < -0.4 is 0 Å². The molecule has 0 saturated carbocycles. The quantitative estimate of drug-likeness (QED) is 0.660. The number of nitrogens with zero attached hydrogens (tertiary/aromatic N) is 2. The van der Waals surface area contributed by atoms with Gasteiger partial charge in [0.1, 0.15) is 5.82 Å². The van der Waals surface area contributed by atoms with Gasteiger partial charge in [0.25, 0.3) is 0 Å². The fraction of sp³-hybridized carbons (Fsp3) is 0.0625. The first-order chi connectivity index (χ1) is 8.84. The van der Waals surface area contributed by atoms with Crippen LogP contribution in [-0.2, 0) is 7.05 Å². The maximum atomic E-state index is 4.35. The predicted octanol–water partition coefficient (Wildman–Crippen LogP) is 3.75. The highest BCUT2D eigenvalue weighted by molar-refractivity contribution is 5.67. The van der Waals surface area contributed by atoms with Crippen LogP contribution >= 0.6 is 0 Å². The molecule has 0 fully saturated rings. The maximum absolute atomic E-state index is 4.35. The molecule has 2 aromatic carbocycles. The third kappa shape index (κ3) is 1.93. The number of aromatic nitrogens is 2. The van der Waals surface area contributed by atoms with Crippen molar-refractivity contribution in [3.63, 3.8) is 0 Å². The van der Waals surface area contributed by atoms with E-state index in [4.69, 9.17) is 0 Å². The molecule has 3 aromatic rings. The molecular formula is C16H14N2. The highest BCUT2D eigenvalue weighted by atomic mass is 15.0. The van der Waals surface area contributed by atoms with Crippen LogP contribution in [0.1, 0.15) is 0 Å². The van der Waals surface area contributed by atoms with Gasteiger partial charge in [-0.15, -0.1) is 0 Å². The Morgan fingerprint density at radius 3 is 2.00 bits per heavy atom. The second-order valence-electron chi connectivity index (χ2n) is 4.31. The Kier molecular flexibility index (Phi) is 2.69. The van der Waals surface area contributed by atoms with E-state index in [-0.39, 0.29) is 0 Å². The Hall–Kier alpha value is -2.35. The molecule has 0 amide bonds. The number of benzene rings is 2. The number of rotatable bonds is 2. The summed E-state index contributed by atoms with van der Waals surface area (Å²) in [6, 6.07) is 18.9. The smallest absolute Gasteiger partial charge is 0.139 e. The molecule has 2 heteroatoms. The van der Waals surface area contributed by atoms with E-state index < -0.39 is 0 Å². The number of hydrogen-bond acceptors (Lipinski definition) is 1. The van der Waals surface area contributed by atoms with E-state index in [9.17, 15) is 0 Å². The summed E-state index contributed by atoms with van der Waals surface area (Å²) < 4.78 is 2.03. The van der Waals surface area contributed by atoms with Crippen molar-refractivity contribution in [2.45, 2.75) is 0 Å². The average molecular weight is 234 g/mol. The van der Waals surface area contributed by atoms with Gasteiger partial charge in [0.2, 0.25) is 0 Å². The molecule has 88 valence electrons. The summed E-state index contributed by atoms with van der Waals surface area (Å²) in [4.78, 5) is 4.35. The number of aryl methyl sites for hydroxylation is 1. The molecule has 0 saturated heterocycles. The minimum Gasteiger partial charge on any atom is -0.334 e. The summed E-state index contributed by atoms with van der Waals surface area (Å²) >= 11 is 0. The van der Waals surface area contributed by atoms with Gasteiger partial charge in [-0.25, -0.2) is 4.98 Å². The number of hydrogen-bond donors (Lipinski definition) is 0. The molecule has 0 radical (unpaired) electrons. The van der Waals surface area contributed by atoms with Crippen molar-refractivity contribution < 1.29 is 0 Å². The predicted molar refractivity (Wildman–Crippen MR) is 74.1 cm³/mol. The van der Waals surface area contributed by atoms with Crippen molar-refractivity contribution in [2.24, 2.45) is 7.05 Å². The van der Waals surface area contributed by atoms with E-state index in [0.29, 0.717) is 0 Å². The zero-order valence-corrected chi connectivity index (χ0v) is 10.2. The third-order valence-electron chi connectivity index (χ3n) is 3.07. The highest BCUT2D eigenvalue weighted by Gasteiger charge is 2.03. The minimum absolute atomic E-state index is 0.995. The van der Waals surface area contributed by atoms with Crippen LogP contribution in [0, 0.1) is 0 Å². The van der Waals surface area contributed by atoms with Crippen molar-refractivity contribution in [3.05, 3.63) is 67.0 Å². The summed E-state index contributed by atoms with van der Waals surface area (Å²) in [6.07, 6.45) is 3.78. The van der Waals surface area contributed by atoms with Crippen LogP contribution in [0.2, 0.25) is 0 Å². The van der Waals surface area contributed by atoms with Crippen LogP contribution in [0.3, 0.4) is 0 Å². The van der Waals surface area contributed by atoms with Crippen LogP contribution in [0.15, 0.2) is 67.0 Å². The van der Waals surface area contributed by atoms with Gasteiger partial charge in [0.05, 0.1) is 0 Å². The SMILES string of the molecule is Cn1ccnc1-c1ccc(-c2ccccc2)cc1. The van der Waals surface area contributed by atoms with E-state index in [2.05, 4.69) is 53.5 Å². The Bertz CT molecular complexity index is 636. The summed E-state index contributed by atoms with van der Waals surface area (Å²) in [5.74, 6) is 0.995. The molecule has 18 heavy (non-hydrogen) atoms. The molecule has 0 aliphatic carbocycles. The fourth-order valence-corrected chi connectivity index (χ4v) is 2.09. The zero-order valence-electron chi connectivity index (χ0n) is 10.2. The lowest BCUT2D eigenvalue weighted by Gasteiger charge is -2.04. The van der Waals surface area contributed by atoms with Gasteiger partial charge >= 0.3 is 0 Å². The first-order valence-corrected chi connectivity index (χ1v) is 5.98. The van der Waals surface area contributed by atoms with Crippen LogP contribution in [0.25, 0.3) is 22.5 Å². The summed E-state index contributed by atoms with van der Waals surface area (Å²) in [5.41, 5.74) is 3.61. The Morgan fingerprint density at radius 1 is 0.778 bits per heavy atom. The molecule has 0 spiro atoms. The third-order valence-corrected chi connectivity index (χ3v) is 3.07. The van der Waals surface area contributed by atoms with Gasteiger partial charge in [-0.05, 0) is 11.1 Å². The van der Waals surface area contributed by atoms with E-state index in [1.807, 2.05) is 30.1 Å². The second-order valence-corrected chi connectivity index (χ2v) is 4.31. The molecule has 0 N–H and O–H groups in total. The van der Waals surface area contributed by atoms with E-state index in [0.717, 1.165) is 11.4 Å². The molecule has 1 aromatic heterocycles. The van der Waals surface area contributed by atoms with Gasteiger partial charge in [-0.2, -0.15) is 0 Å². The summed E-state index contributed by atoms with van der Waals surface area (Å²) in [6.45, 7) is 0. The maximum Gasteiger partial charge on any atom is 0.139 e. The molecule has 2 nitrogen and oxygen atoms in total. The zero-order chi connectivity index (χ0) is 12.4. The average Bonchev–Trinajstić information content (AvgIpc) is 2.86. The van der Waals surface area contributed by atoms with Gasteiger partial charge in [-0.1, -0.05) is 54.6 Å². The van der Waals surface area contributed by atoms with Gasteiger partial charge < -0.3 is 4.57 Å². The van der Waals surface area contributed by atoms with Gasteiger partial charge in [0, 0.05) is 25.0 Å². The Labute approximate surface area is 107 Å². The topological polar surface area (TPSA) is 17.8 Å². The molecule has 0 aliphatic heterocycles. The molecular weight excluding hydrogens is 220 g/mol. The fourth-order valence-electron chi connectivity index (χ4n) is 2.09. The van der Waals surface area contributed by atoms with Gasteiger partial charge in [0.15, 0.2) is 0 Å². The summed E-state index contributed by atoms with van der Waals surface area (Å²) in [5, 5.41) is 0. The molecule has 0 bridgehead atoms. The van der Waals surface area contributed by atoms with Crippen molar-refractivity contribution >= 4 is 0 Å². The molecule has 0 unspecified atom stereocenters. The van der Waals surface area contributed by atoms with Crippen molar-refractivity contribution in [2.75, 3.05) is 0 Å². The van der Waals surface area contributed by atoms with Crippen LogP contribution in [0.4, 0.5) is 0 Å². The minimum atomic E-state index is 0.995. The van der Waals surface area contributed by atoms with Gasteiger partial charge in [-0.3, -0.25) is 0 Å². The first-order valence-electron chi connectivity index (χ1n) is 5.98. The number of imidazole rings is 1. The normalized spacial score (nSPS) is 10.5. The summed E-state index contributed by atoms with van der Waals surface area (Å²) in [7, 11) is 2.01. The standard InChI is InChI=1S/C16H14N2/c1-18-12-11-17-16(18)15-9-7-14(8-10-15)13-5-3-2-4-6-13/h2-12H,1H3. The monoisotopic (exact) mass is 234 g/mol. The van der Waals surface area contributed by atoms with E-state index in [1.54, 1.807) is 0 Å². The molecule has 3 rings (SSSR count). The Balaban J connectivity index is 1.97. The lowest BCUT2D eigenvalue weighted by Crippen LogP contribution is -1.90. The first kappa shape index (κ1) is 10.8. The van der Waals surface area contributed by atoms with Crippen molar-refractivity contribution in [3.8, 4) is 22.5 Å². The van der Waals surface area contributed by atoms with E-state index >= 15 is 0 Å². The van der Waals surface area contributed by atoms with Crippen molar-refractivity contribution in [1.29, 1.82) is 0 Å². The lowest BCUT2D eigenvalue weighted by atomic mass is 10.0. The van der Waals surface area contributed by atoms with Crippen molar-refractivity contribution in [1.82, 2.24) is 9.55 Å². The molecule has 0 atom stereocenters. The molecule has 0 aliphatic rings. The largest absolute Gasteiger partial charge is 0.334 e. The highest BCUT2D eigenvalue weighted by Crippen LogP contribution is 2.23. The lowest BCUT2D eigenvalue weighted by molar-refractivity contribution is 0.925. The second kappa shape index (κ2) is 4.49. The molecule has 1 heterocycles. The Morgan fingerprint density at radius 2 is 1.39 bits per heavy atom. The van der Waals surface area contributed by atoms with Crippen LogP contribution in [0.5, 0.6) is 0 Å².